The van der Waals surface area contributed by atoms with Crippen molar-refractivity contribution in [3.8, 4) is 5.75 Å². The smallest absolute Gasteiger partial charge is 0.409 e. The molecule has 0 saturated carbocycles. The van der Waals surface area contributed by atoms with Crippen molar-refractivity contribution in [3.05, 3.63) is 66.5 Å². The van der Waals surface area contributed by atoms with Gasteiger partial charge in [0.2, 0.25) is 5.91 Å². The summed E-state index contributed by atoms with van der Waals surface area (Å²) in [7, 11) is 0. The van der Waals surface area contributed by atoms with Gasteiger partial charge in [-0.25, -0.2) is 4.79 Å². The van der Waals surface area contributed by atoms with Crippen LogP contribution in [0.2, 0.25) is 0 Å². The van der Waals surface area contributed by atoms with Gasteiger partial charge in [0.05, 0.1) is 6.20 Å². The highest BCUT2D eigenvalue weighted by molar-refractivity contribution is 5.92. The first kappa shape index (κ1) is 16.7. The molecule has 2 aromatic rings. The SMILES string of the molecule is O=C(C=Cc1ccccc1)N1CCN(C(=O)Oc2cccnc2)CC1. The summed E-state index contributed by atoms with van der Waals surface area (Å²) in [6.07, 6.45) is 6.06. The lowest BCUT2D eigenvalue weighted by molar-refractivity contribution is -0.127. The fraction of sp³-hybridized carbons (Fsp3) is 0.211. The molecule has 1 saturated heterocycles. The molecule has 0 spiro atoms. The van der Waals surface area contributed by atoms with Gasteiger partial charge in [-0.05, 0) is 23.8 Å². The Morgan fingerprint density at radius 2 is 1.68 bits per heavy atom. The van der Waals surface area contributed by atoms with Crippen molar-refractivity contribution >= 4 is 18.1 Å². The third-order valence-corrected chi connectivity index (χ3v) is 3.91. The number of hydrogen-bond donors (Lipinski definition) is 0. The zero-order valence-corrected chi connectivity index (χ0v) is 13.7. The second-order valence-corrected chi connectivity index (χ2v) is 5.61. The highest BCUT2D eigenvalue weighted by Crippen LogP contribution is 2.11. The maximum Gasteiger partial charge on any atom is 0.415 e. The Bertz CT molecular complexity index is 739. The Morgan fingerprint density at radius 3 is 2.36 bits per heavy atom. The van der Waals surface area contributed by atoms with E-state index in [4.69, 9.17) is 4.74 Å². The van der Waals surface area contributed by atoms with Crippen molar-refractivity contribution < 1.29 is 14.3 Å². The average Bonchev–Trinajstić information content (AvgIpc) is 2.68. The summed E-state index contributed by atoms with van der Waals surface area (Å²) >= 11 is 0. The van der Waals surface area contributed by atoms with E-state index in [2.05, 4.69) is 4.98 Å². The largest absolute Gasteiger partial charge is 0.415 e. The standard InChI is InChI=1S/C19H19N3O3/c23-18(9-8-16-5-2-1-3-6-16)21-11-13-22(14-12-21)19(24)25-17-7-4-10-20-15-17/h1-10,15H,11-14H2. The number of piperazine rings is 1. The summed E-state index contributed by atoms with van der Waals surface area (Å²) in [6.45, 7) is 1.87. The predicted molar refractivity (Wildman–Crippen MR) is 93.9 cm³/mol. The van der Waals surface area contributed by atoms with Crippen LogP contribution in [0.3, 0.4) is 0 Å². The van der Waals surface area contributed by atoms with E-state index in [1.165, 1.54) is 6.20 Å². The number of carbonyl (C=O) groups excluding carboxylic acids is 2. The number of aromatic nitrogens is 1. The Balaban J connectivity index is 1.49. The minimum atomic E-state index is -0.417. The zero-order chi connectivity index (χ0) is 17.5. The average molecular weight is 337 g/mol. The van der Waals surface area contributed by atoms with E-state index in [0.29, 0.717) is 31.9 Å². The van der Waals surface area contributed by atoms with E-state index >= 15 is 0 Å². The third-order valence-electron chi connectivity index (χ3n) is 3.91. The molecule has 1 aliphatic rings. The number of amides is 2. The fourth-order valence-electron chi connectivity index (χ4n) is 2.52. The van der Waals surface area contributed by atoms with E-state index in [0.717, 1.165) is 5.56 Å². The Labute approximate surface area is 146 Å². The van der Waals surface area contributed by atoms with Gasteiger partial charge in [-0.15, -0.1) is 0 Å². The van der Waals surface area contributed by atoms with E-state index in [-0.39, 0.29) is 5.91 Å². The normalized spacial score (nSPS) is 14.6. The van der Waals surface area contributed by atoms with E-state index in [1.54, 1.807) is 40.3 Å². The molecule has 0 bridgehead atoms. The molecule has 1 aliphatic heterocycles. The monoisotopic (exact) mass is 337 g/mol. The lowest BCUT2D eigenvalue weighted by Gasteiger charge is -2.33. The Hall–Kier alpha value is -3.15. The van der Waals surface area contributed by atoms with Crippen molar-refractivity contribution in [2.75, 3.05) is 26.2 Å². The van der Waals surface area contributed by atoms with Crippen molar-refractivity contribution in [3.63, 3.8) is 0 Å². The van der Waals surface area contributed by atoms with Gasteiger partial charge in [0.25, 0.3) is 0 Å². The molecule has 6 nitrogen and oxygen atoms in total. The van der Waals surface area contributed by atoms with Gasteiger partial charge in [0, 0.05) is 38.5 Å². The molecule has 0 aliphatic carbocycles. The lowest BCUT2D eigenvalue weighted by atomic mass is 10.2. The second kappa shape index (κ2) is 8.10. The molecule has 128 valence electrons. The first-order chi connectivity index (χ1) is 12.2. The molecule has 0 atom stereocenters. The van der Waals surface area contributed by atoms with Gasteiger partial charge in [0.1, 0.15) is 0 Å². The van der Waals surface area contributed by atoms with Crippen molar-refractivity contribution in [2.45, 2.75) is 0 Å². The summed E-state index contributed by atoms with van der Waals surface area (Å²) in [6, 6.07) is 13.1. The number of rotatable bonds is 3. The molecule has 0 N–H and O–H groups in total. The van der Waals surface area contributed by atoms with E-state index in [9.17, 15) is 9.59 Å². The first-order valence-electron chi connectivity index (χ1n) is 8.11. The van der Waals surface area contributed by atoms with Crippen LogP contribution in [0, 0.1) is 0 Å². The zero-order valence-electron chi connectivity index (χ0n) is 13.7. The molecule has 1 fully saturated rings. The van der Waals surface area contributed by atoms with Crippen LogP contribution < -0.4 is 4.74 Å². The molecule has 1 aromatic carbocycles. The molecule has 2 heterocycles. The molecule has 0 unspecified atom stereocenters. The van der Waals surface area contributed by atoms with Crippen LogP contribution in [0.5, 0.6) is 5.75 Å². The summed E-state index contributed by atoms with van der Waals surface area (Å²) in [5, 5.41) is 0. The Morgan fingerprint density at radius 1 is 0.960 bits per heavy atom. The van der Waals surface area contributed by atoms with Crippen LogP contribution in [-0.4, -0.2) is 53.0 Å². The van der Waals surface area contributed by atoms with Crippen molar-refractivity contribution in [2.24, 2.45) is 0 Å². The minimum absolute atomic E-state index is 0.0517. The van der Waals surface area contributed by atoms with Gasteiger partial charge >= 0.3 is 6.09 Å². The van der Waals surface area contributed by atoms with Gasteiger partial charge in [0.15, 0.2) is 5.75 Å². The number of nitrogens with zero attached hydrogens (tertiary/aromatic N) is 3. The third kappa shape index (κ3) is 4.67. The van der Waals surface area contributed by atoms with Crippen molar-refractivity contribution in [1.82, 2.24) is 14.8 Å². The van der Waals surface area contributed by atoms with Gasteiger partial charge in [-0.1, -0.05) is 30.3 Å². The van der Waals surface area contributed by atoms with Crippen LogP contribution in [0.4, 0.5) is 4.79 Å². The van der Waals surface area contributed by atoms with E-state index in [1.807, 2.05) is 30.3 Å². The van der Waals surface area contributed by atoms with Crippen LogP contribution >= 0.6 is 0 Å². The predicted octanol–water partition coefficient (Wildman–Crippen LogP) is 2.44. The summed E-state index contributed by atoms with van der Waals surface area (Å²) in [5.74, 6) is 0.362. The summed E-state index contributed by atoms with van der Waals surface area (Å²) < 4.78 is 5.26. The van der Waals surface area contributed by atoms with Gasteiger partial charge in [-0.3, -0.25) is 9.78 Å². The van der Waals surface area contributed by atoms with Crippen LogP contribution in [0.25, 0.3) is 6.08 Å². The number of pyridine rings is 1. The maximum absolute atomic E-state index is 12.2. The molecule has 6 heteroatoms. The maximum atomic E-state index is 12.2. The van der Waals surface area contributed by atoms with Gasteiger partial charge in [-0.2, -0.15) is 0 Å². The fourth-order valence-corrected chi connectivity index (χ4v) is 2.52. The Kier molecular flexibility index (Phi) is 5.41. The number of ether oxygens (including phenoxy) is 1. The molecular formula is C19H19N3O3. The summed E-state index contributed by atoms with van der Waals surface area (Å²) in [5.41, 5.74) is 0.981. The summed E-state index contributed by atoms with van der Waals surface area (Å²) in [4.78, 5) is 31.6. The number of carbonyl (C=O) groups is 2. The number of benzene rings is 1. The molecule has 0 radical (unpaired) electrons. The molecule has 3 rings (SSSR count). The molecule has 2 amide bonds. The van der Waals surface area contributed by atoms with Crippen LogP contribution in [-0.2, 0) is 4.79 Å². The molecule has 1 aromatic heterocycles. The second-order valence-electron chi connectivity index (χ2n) is 5.61. The first-order valence-corrected chi connectivity index (χ1v) is 8.11. The molecular weight excluding hydrogens is 318 g/mol. The van der Waals surface area contributed by atoms with Crippen LogP contribution in [0.1, 0.15) is 5.56 Å². The minimum Gasteiger partial charge on any atom is -0.409 e. The van der Waals surface area contributed by atoms with E-state index < -0.39 is 6.09 Å². The number of hydrogen-bond acceptors (Lipinski definition) is 4. The van der Waals surface area contributed by atoms with Gasteiger partial charge < -0.3 is 14.5 Å². The lowest BCUT2D eigenvalue weighted by Crippen LogP contribution is -2.51. The highest BCUT2D eigenvalue weighted by Gasteiger charge is 2.24. The topological polar surface area (TPSA) is 62.7 Å². The molecule has 25 heavy (non-hydrogen) atoms. The quantitative estimate of drug-likeness (QED) is 0.807. The van der Waals surface area contributed by atoms with Crippen LogP contribution in [0.15, 0.2) is 60.9 Å². The highest BCUT2D eigenvalue weighted by atomic mass is 16.6. The van der Waals surface area contributed by atoms with Crippen molar-refractivity contribution in [1.29, 1.82) is 0 Å².